The van der Waals surface area contributed by atoms with Gasteiger partial charge >= 0.3 is 0 Å². The van der Waals surface area contributed by atoms with Crippen LogP contribution in [0.3, 0.4) is 0 Å². The van der Waals surface area contributed by atoms with Crippen LogP contribution in [0.15, 0.2) is 24.3 Å². The highest BCUT2D eigenvalue weighted by molar-refractivity contribution is 6.05. The van der Waals surface area contributed by atoms with Crippen molar-refractivity contribution in [2.24, 2.45) is 11.8 Å². The van der Waals surface area contributed by atoms with E-state index in [0.29, 0.717) is 13.3 Å². The number of para-hydroxylation sites is 2. The SMILES string of the molecule is CCOc1ccccc1N1CCN(CN2C(=O)[C@H]3CCCC[C@@H]3C2=O)CC1. The van der Waals surface area contributed by atoms with E-state index in [0.717, 1.165) is 63.3 Å². The van der Waals surface area contributed by atoms with Crippen LogP contribution in [0.1, 0.15) is 32.6 Å². The number of benzene rings is 1. The summed E-state index contributed by atoms with van der Waals surface area (Å²) in [5.41, 5.74) is 1.12. The molecule has 4 rings (SSSR count). The minimum Gasteiger partial charge on any atom is -0.492 e. The first-order chi connectivity index (χ1) is 13.2. The Morgan fingerprint density at radius 3 is 2.22 bits per heavy atom. The first-order valence-electron chi connectivity index (χ1n) is 10.2. The van der Waals surface area contributed by atoms with Crippen LogP contribution in [0, 0.1) is 11.8 Å². The van der Waals surface area contributed by atoms with E-state index in [9.17, 15) is 9.59 Å². The van der Waals surface area contributed by atoms with Gasteiger partial charge in [-0.3, -0.25) is 19.4 Å². The largest absolute Gasteiger partial charge is 0.492 e. The van der Waals surface area contributed by atoms with Gasteiger partial charge in [-0.15, -0.1) is 0 Å². The van der Waals surface area contributed by atoms with Gasteiger partial charge in [-0.25, -0.2) is 0 Å². The number of fused-ring (bicyclic) bond motifs is 1. The zero-order valence-electron chi connectivity index (χ0n) is 16.1. The molecule has 6 nitrogen and oxygen atoms in total. The normalized spacial score (nSPS) is 26.4. The predicted octanol–water partition coefficient (Wildman–Crippen LogP) is 2.34. The molecule has 6 heteroatoms. The number of likely N-dealkylation sites (tertiary alicyclic amines) is 1. The summed E-state index contributed by atoms with van der Waals surface area (Å²) in [6.45, 7) is 6.51. The maximum Gasteiger partial charge on any atom is 0.234 e. The summed E-state index contributed by atoms with van der Waals surface area (Å²) >= 11 is 0. The summed E-state index contributed by atoms with van der Waals surface area (Å²) in [4.78, 5) is 31.4. The van der Waals surface area contributed by atoms with Gasteiger partial charge in [0.2, 0.25) is 11.8 Å². The zero-order chi connectivity index (χ0) is 18.8. The van der Waals surface area contributed by atoms with Gasteiger partial charge in [-0.1, -0.05) is 25.0 Å². The van der Waals surface area contributed by atoms with Gasteiger partial charge in [0.25, 0.3) is 0 Å². The first kappa shape index (κ1) is 18.3. The van der Waals surface area contributed by atoms with Crippen LogP contribution >= 0.6 is 0 Å². The number of anilines is 1. The van der Waals surface area contributed by atoms with Gasteiger partial charge in [0.15, 0.2) is 0 Å². The third-order valence-corrected chi connectivity index (χ3v) is 6.15. The van der Waals surface area contributed by atoms with E-state index in [-0.39, 0.29) is 23.7 Å². The summed E-state index contributed by atoms with van der Waals surface area (Å²) in [5.74, 6) is 0.946. The molecular formula is C21H29N3O3. The van der Waals surface area contributed by atoms with E-state index in [1.165, 1.54) is 4.90 Å². The van der Waals surface area contributed by atoms with Crippen molar-refractivity contribution in [2.45, 2.75) is 32.6 Å². The summed E-state index contributed by atoms with van der Waals surface area (Å²) in [5, 5.41) is 0. The van der Waals surface area contributed by atoms with Gasteiger partial charge in [0, 0.05) is 26.2 Å². The molecule has 2 heterocycles. The van der Waals surface area contributed by atoms with Crippen molar-refractivity contribution in [3.63, 3.8) is 0 Å². The van der Waals surface area contributed by atoms with Crippen molar-refractivity contribution < 1.29 is 14.3 Å². The average molecular weight is 371 g/mol. The average Bonchev–Trinajstić information content (AvgIpc) is 2.95. The maximum absolute atomic E-state index is 12.7. The number of hydrogen-bond acceptors (Lipinski definition) is 5. The summed E-state index contributed by atoms with van der Waals surface area (Å²) in [6, 6.07) is 8.13. The minimum atomic E-state index is -0.0504. The van der Waals surface area contributed by atoms with E-state index in [4.69, 9.17) is 4.74 Å². The fourth-order valence-corrected chi connectivity index (χ4v) is 4.70. The predicted molar refractivity (Wildman–Crippen MR) is 104 cm³/mol. The summed E-state index contributed by atoms with van der Waals surface area (Å²) < 4.78 is 5.75. The Morgan fingerprint density at radius 2 is 1.59 bits per heavy atom. The lowest BCUT2D eigenvalue weighted by Gasteiger charge is -2.37. The highest BCUT2D eigenvalue weighted by Crippen LogP contribution is 2.38. The molecule has 1 saturated carbocycles. The molecule has 2 amide bonds. The number of rotatable bonds is 5. The second kappa shape index (κ2) is 7.89. The molecule has 2 saturated heterocycles. The highest BCUT2D eigenvalue weighted by Gasteiger charge is 2.48. The van der Waals surface area contributed by atoms with Gasteiger partial charge < -0.3 is 9.64 Å². The molecule has 3 aliphatic rings. The topological polar surface area (TPSA) is 53.1 Å². The third-order valence-electron chi connectivity index (χ3n) is 6.15. The number of piperazine rings is 1. The van der Waals surface area contributed by atoms with Crippen molar-refractivity contribution in [3.8, 4) is 5.75 Å². The number of nitrogens with zero attached hydrogens (tertiary/aromatic N) is 3. The molecule has 1 aromatic rings. The van der Waals surface area contributed by atoms with Gasteiger partial charge in [0.05, 0.1) is 30.8 Å². The lowest BCUT2D eigenvalue weighted by Crippen LogP contribution is -2.51. The van der Waals surface area contributed by atoms with E-state index in [1.807, 2.05) is 25.1 Å². The number of imide groups is 1. The molecule has 1 aromatic carbocycles. The standard InChI is InChI=1S/C21H29N3O3/c1-2-27-19-10-6-5-9-18(19)23-13-11-22(12-14-23)15-24-20(25)16-7-3-4-8-17(16)21(24)26/h5-6,9-10,16-17H,2-4,7-8,11-15H2,1H3/t16-,17-/m0/s1. The molecule has 0 aromatic heterocycles. The molecule has 3 fully saturated rings. The second-order valence-corrected chi connectivity index (χ2v) is 7.75. The van der Waals surface area contributed by atoms with Crippen molar-refractivity contribution in [2.75, 3.05) is 44.4 Å². The third kappa shape index (κ3) is 3.55. The van der Waals surface area contributed by atoms with E-state index < -0.39 is 0 Å². The Kier molecular flexibility index (Phi) is 5.34. The highest BCUT2D eigenvalue weighted by atomic mass is 16.5. The fraction of sp³-hybridized carbons (Fsp3) is 0.619. The molecule has 2 aliphatic heterocycles. The van der Waals surface area contributed by atoms with Crippen molar-refractivity contribution in [1.82, 2.24) is 9.80 Å². The molecule has 1 aliphatic carbocycles. The Labute approximate surface area is 161 Å². The fourth-order valence-electron chi connectivity index (χ4n) is 4.70. The molecule has 146 valence electrons. The quantitative estimate of drug-likeness (QED) is 0.744. The van der Waals surface area contributed by atoms with E-state index in [1.54, 1.807) is 0 Å². The molecule has 0 N–H and O–H groups in total. The van der Waals surface area contributed by atoms with Gasteiger partial charge in [-0.2, -0.15) is 0 Å². The Bertz CT molecular complexity index is 676. The zero-order valence-corrected chi connectivity index (χ0v) is 16.1. The Balaban J connectivity index is 1.36. The number of amides is 2. The van der Waals surface area contributed by atoms with Crippen LogP contribution in [-0.4, -0.2) is 61.1 Å². The lowest BCUT2D eigenvalue weighted by atomic mass is 9.81. The monoisotopic (exact) mass is 371 g/mol. The summed E-state index contributed by atoms with van der Waals surface area (Å²) in [7, 11) is 0. The number of carbonyl (C=O) groups excluding carboxylic acids is 2. The molecule has 0 radical (unpaired) electrons. The Morgan fingerprint density at radius 1 is 0.963 bits per heavy atom. The Hall–Kier alpha value is -2.08. The number of carbonyl (C=O) groups is 2. The number of ether oxygens (including phenoxy) is 1. The van der Waals surface area contributed by atoms with Crippen LogP contribution < -0.4 is 9.64 Å². The molecule has 0 bridgehead atoms. The van der Waals surface area contributed by atoms with Crippen molar-refractivity contribution >= 4 is 17.5 Å². The lowest BCUT2D eigenvalue weighted by molar-refractivity contribution is -0.142. The molecule has 0 spiro atoms. The smallest absolute Gasteiger partial charge is 0.234 e. The minimum absolute atomic E-state index is 0.0504. The number of hydrogen-bond donors (Lipinski definition) is 0. The van der Waals surface area contributed by atoms with E-state index >= 15 is 0 Å². The van der Waals surface area contributed by atoms with E-state index in [2.05, 4.69) is 15.9 Å². The van der Waals surface area contributed by atoms with Crippen molar-refractivity contribution in [3.05, 3.63) is 24.3 Å². The second-order valence-electron chi connectivity index (χ2n) is 7.75. The van der Waals surface area contributed by atoms with Crippen LogP contribution in [0.4, 0.5) is 5.69 Å². The van der Waals surface area contributed by atoms with Crippen LogP contribution in [0.5, 0.6) is 5.75 Å². The molecule has 2 atom stereocenters. The maximum atomic E-state index is 12.7. The van der Waals surface area contributed by atoms with Crippen LogP contribution in [-0.2, 0) is 9.59 Å². The molecule has 27 heavy (non-hydrogen) atoms. The summed E-state index contributed by atoms with van der Waals surface area (Å²) in [6.07, 6.45) is 3.92. The van der Waals surface area contributed by atoms with Gasteiger partial charge in [-0.05, 0) is 31.9 Å². The van der Waals surface area contributed by atoms with Gasteiger partial charge in [0.1, 0.15) is 5.75 Å². The molecule has 0 unspecified atom stereocenters. The van der Waals surface area contributed by atoms with Crippen LogP contribution in [0.2, 0.25) is 0 Å². The van der Waals surface area contributed by atoms with Crippen LogP contribution in [0.25, 0.3) is 0 Å². The molecular weight excluding hydrogens is 342 g/mol. The van der Waals surface area contributed by atoms with Crippen molar-refractivity contribution in [1.29, 1.82) is 0 Å². The first-order valence-corrected chi connectivity index (χ1v) is 10.2.